The maximum absolute atomic E-state index is 12.6. The molecule has 7 nitrogen and oxygen atoms in total. The van der Waals surface area contributed by atoms with E-state index in [1.165, 1.54) is 6.20 Å². The average molecular weight is 372 g/mol. The molecule has 0 saturated carbocycles. The lowest BCUT2D eigenvalue weighted by Crippen LogP contribution is -2.15. The summed E-state index contributed by atoms with van der Waals surface area (Å²) in [5.74, 6) is 1.03. The summed E-state index contributed by atoms with van der Waals surface area (Å²) in [6.07, 6.45) is 3.09. The summed E-state index contributed by atoms with van der Waals surface area (Å²) in [4.78, 5) is 16.7. The number of nitriles is 1. The molecular weight excluding hydrogens is 356 g/mol. The van der Waals surface area contributed by atoms with Crippen LogP contribution in [0.4, 0.5) is 17.1 Å². The highest BCUT2D eigenvalue weighted by molar-refractivity contribution is 6.05. The molecule has 0 spiro atoms. The number of nitrogens with zero attached hydrogens (tertiary/aromatic N) is 2. The van der Waals surface area contributed by atoms with E-state index in [0.29, 0.717) is 47.2 Å². The number of nitrogens with one attached hydrogen (secondary N) is 2. The number of pyridine rings is 1. The molecule has 7 heteroatoms. The highest BCUT2D eigenvalue weighted by Crippen LogP contribution is 2.33. The van der Waals surface area contributed by atoms with Crippen molar-refractivity contribution >= 4 is 23.0 Å². The summed E-state index contributed by atoms with van der Waals surface area (Å²) in [6.45, 7) is 1.05. The monoisotopic (exact) mass is 372 g/mol. The van der Waals surface area contributed by atoms with E-state index in [2.05, 4.69) is 21.7 Å². The molecule has 2 heterocycles. The topological polar surface area (TPSA) is 96.3 Å². The maximum Gasteiger partial charge on any atom is 0.257 e. The number of benzene rings is 2. The zero-order valence-corrected chi connectivity index (χ0v) is 14.8. The highest BCUT2D eigenvalue weighted by atomic mass is 16.6. The second-order valence-corrected chi connectivity index (χ2v) is 6.06. The van der Waals surface area contributed by atoms with Gasteiger partial charge in [0, 0.05) is 18.0 Å². The number of rotatable bonds is 4. The minimum Gasteiger partial charge on any atom is -0.486 e. The first-order valence-electron chi connectivity index (χ1n) is 8.65. The van der Waals surface area contributed by atoms with E-state index in [-0.39, 0.29) is 5.91 Å². The first-order chi connectivity index (χ1) is 13.7. The summed E-state index contributed by atoms with van der Waals surface area (Å²) >= 11 is 0. The third-order valence-electron chi connectivity index (χ3n) is 4.13. The molecule has 2 N–H and O–H groups in total. The Balaban J connectivity index is 1.51. The minimum absolute atomic E-state index is 0.346. The third-order valence-corrected chi connectivity index (χ3v) is 4.13. The van der Waals surface area contributed by atoms with Gasteiger partial charge >= 0.3 is 0 Å². The highest BCUT2D eigenvalue weighted by Gasteiger charge is 2.13. The Morgan fingerprint density at radius 1 is 1.00 bits per heavy atom. The summed E-state index contributed by atoms with van der Waals surface area (Å²) in [6, 6.07) is 16.1. The Bertz CT molecular complexity index is 1080. The molecule has 1 aliphatic heterocycles. The van der Waals surface area contributed by atoms with Crippen LogP contribution in [0.25, 0.3) is 0 Å². The molecule has 0 radical (unpaired) electrons. The first-order valence-corrected chi connectivity index (χ1v) is 8.65. The van der Waals surface area contributed by atoms with Crippen LogP contribution in [0.15, 0.2) is 60.9 Å². The third kappa shape index (κ3) is 3.71. The SMILES string of the molecule is N#Cc1ccccc1NC(=O)c1cncc(Nc2ccc3c(c2)OCCO3)c1. The molecule has 1 amide bonds. The molecule has 4 rings (SSSR count). The average Bonchev–Trinajstić information content (AvgIpc) is 2.74. The summed E-state index contributed by atoms with van der Waals surface area (Å²) < 4.78 is 11.1. The van der Waals surface area contributed by atoms with Crippen LogP contribution < -0.4 is 20.1 Å². The van der Waals surface area contributed by atoms with Crippen molar-refractivity contribution in [3.63, 3.8) is 0 Å². The van der Waals surface area contributed by atoms with Gasteiger partial charge in [-0.1, -0.05) is 12.1 Å². The molecule has 0 aliphatic carbocycles. The summed E-state index contributed by atoms with van der Waals surface area (Å²) in [7, 11) is 0. The Kier molecular flexibility index (Phi) is 4.76. The minimum atomic E-state index is -0.346. The smallest absolute Gasteiger partial charge is 0.257 e. The van der Waals surface area contributed by atoms with Crippen LogP contribution in [0.5, 0.6) is 11.5 Å². The van der Waals surface area contributed by atoms with E-state index in [9.17, 15) is 4.79 Å². The van der Waals surface area contributed by atoms with E-state index < -0.39 is 0 Å². The van der Waals surface area contributed by atoms with Crippen molar-refractivity contribution in [2.75, 3.05) is 23.8 Å². The van der Waals surface area contributed by atoms with E-state index >= 15 is 0 Å². The van der Waals surface area contributed by atoms with Crippen LogP contribution >= 0.6 is 0 Å². The Morgan fingerprint density at radius 3 is 2.68 bits per heavy atom. The number of carbonyl (C=O) groups excluding carboxylic acids is 1. The summed E-state index contributed by atoms with van der Waals surface area (Å²) in [5, 5.41) is 15.1. The Labute approximate surface area is 161 Å². The van der Waals surface area contributed by atoms with Crippen molar-refractivity contribution in [2.45, 2.75) is 0 Å². The number of fused-ring (bicyclic) bond motifs is 1. The largest absolute Gasteiger partial charge is 0.486 e. The van der Waals surface area contributed by atoms with Crippen molar-refractivity contribution in [1.82, 2.24) is 4.98 Å². The fraction of sp³-hybridized carbons (Fsp3) is 0.0952. The van der Waals surface area contributed by atoms with E-state index in [1.54, 1.807) is 36.5 Å². The molecule has 3 aromatic rings. The molecule has 0 unspecified atom stereocenters. The van der Waals surface area contributed by atoms with Gasteiger partial charge in [-0.05, 0) is 30.3 Å². The molecule has 2 aromatic carbocycles. The van der Waals surface area contributed by atoms with Gasteiger partial charge in [-0.3, -0.25) is 9.78 Å². The van der Waals surface area contributed by atoms with Crippen LogP contribution in [0.1, 0.15) is 15.9 Å². The number of amides is 1. The van der Waals surface area contributed by atoms with Gasteiger partial charge < -0.3 is 20.1 Å². The van der Waals surface area contributed by atoms with Crippen LogP contribution in [0.3, 0.4) is 0 Å². The van der Waals surface area contributed by atoms with Crippen molar-refractivity contribution in [3.8, 4) is 17.6 Å². The lowest BCUT2D eigenvalue weighted by Gasteiger charge is -2.19. The number of ether oxygens (including phenoxy) is 2. The van der Waals surface area contributed by atoms with E-state index in [4.69, 9.17) is 14.7 Å². The number of para-hydroxylation sites is 1. The maximum atomic E-state index is 12.6. The molecule has 28 heavy (non-hydrogen) atoms. The van der Waals surface area contributed by atoms with Gasteiger partial charge in [-0.15, -0.1) is 0 Å². The van der Waals surface area contributed by atoms with Crippen LogP contribution in [-0.2, 0) is 0 Å². The number of anilines is 3. The van der Waals surface area contributed by atoms with Gasteiger partial charge in [-0.25, -0.2) is 0 Å². The standard InChI is InChI=1S/C21H16N4O3/c22-11-14-3-1-2-4-18(14)25-21(26)15-9-17(13-23-12-15)24-16-5-6-19-20(10-16)28-8-7-27-19/h1-6,9-10,12-13,24H,7-8H2,(H,25,26). The molecule has 0 bridgehead atoms. The molecule has 1 aromatic heterocycles. The molecule has 0 fully saturated rings. The second kappa shape index (κ2) is 7.68. The number of hydrogen-bond donors (Lipinski definition) is 2. The fourth-order valence-electron chi connectivity index (χ4n) is 2.80. The van der Waals surface area contributed by atoms with Gasteiger partial charge in [0.25, 0.3) is 5.91 Å². The van der Waals surface area contributed by atoms with Crippen molar-refractivity contribution in [2.24, 2.45) is 0 Å². The van der Waals surface area contributed by atoms with E-state index in [1.807, 2.05) is 18.2 Å². The van der Waals surface area contributed by atoms with Gasteiger partial charge in [0.1, 0.15) is 19.3 Å². The lowest BCUT2D eigenvalue weighted by atomic mass is 10.1. The fourth-order valence-corrected chi connectivity index (χ4v) is 2.80. The zero-order valence-electron chi connectivity index (χ0n) is 14.8. The van der Waals surface area contributed by atoms with Crippen LogP contribution in [0.2, 0.25) is 0 Å². The lowest BCUT2D eigenvalue weighted by molar-refractivity contribution is 0.102. The second-order valence-electron chi connectivity index (χ2n) is 6.06. The predicted octanol–water partition coefficient (Wildman–Crippen LogP) is 3.72. The van der Waals surface area contributed by atoms with Crippen molar-refractivity contribution < 1.29 is 14.3 Å². The number of aromatic nitrogens is 1. The Hall–Kier alpha value is -4.05. The molecule has 138 valence electrons. The molecule has 0 atom stereocenters. The van der Waals surface area contributed by atoms with Crippen molar-refractivity contribution in [3.05, 3.63) is 72.1 Å². The molecular formula is C21H16N4O3. The van der Waals surface area contributed by atoms with Gasteiger partial charge in [0.05, 0.1) is 28.7 Å². The van der Waals surface area contributed by atoms with Crippen LogP contribution in [-0.4, -0.2) is 24.1 Å². The zero-order chi connectivity index (χ0) is 19.3. The first kappa shape index (κ1) is 17.4. The van der Waals surface area contributed by atoms with Gasteiger partial charge in [-0.2, -0.15) is 5.26 Å². The Morgan fingerprint density at radius 2 is 1.82 bits per heavy atom. The normalized spacial score (nSPS) is 12.0. The van der Waals surface area contributed by atoms with Crippen LogP contribution in [0, 0.1) is 11.3 Å². The summed E-state index contributed by atoms with van der Waals surface area (Å²) in [5.41, 5.74) is 2.67. The van der Waals surface area contributed by atoms with Gasteiger partial charge in [0.15, 0.2) is 11.5 Å². The number of hydrogen-bond acceptors (Lipinski definition) is 6. The predicted molar refractivity (Wildman–Crippen MR) is 104 cm³/mol. The van der Waals surface area contributed by atoms with Crippen molar-refractivity contribution in [1.29, 1.82) is 5.26 Å². The molecule has 1 aliphatic rings. The number of carbonyl (C=O) groups is 1. The quantitative estimate of drug-likeness (QED) is 0.725. The van der Waals surface area contributed by atoms with E-state index in [0.717, 1.165) is 5.69 Å². The van der Waals surface area contributed by atoms with Gasteiger partial charge in [0.2, 0.25) is 0 Å². The molecule has 0 saturated heterocycles.